The van der Waals surface area contributed by atoms with E-state index in [1.165, 1.54) is 11.5 Å². The lowest BCUT2D eigenvalue weighted by Gasteiger charge is -2.32. The van der Waals surface area contributed by atoms with Crippen LogP contribution >= 0.6 is 11.5 Å². The van der Waals surface area contributed by atoms with E-state index in [-0.39, 0.29) is 11.9 Å². The first-order valence-corrected chi connectivity index (χ1v) is 8.50. The van der Waals surface area contributed by atoms with Gasteiger partial charge < -0.3 is 4.90 Å². The number of piperidine rings is 1. The van der Waals surface area contributed by atoms with Crippen molar-refractivity contribution < 1.29 is 4.79 Å². The summed E-state index contributed by atoms with van der Waals surface area (Å²) in [6.45, 7) is 3.43. The topological polar surface area (TPSA) is 63.9 Å². The fraction of sp³-hybridized carbons (Fsp3) is 0.375. The van der Waals surface area contributed by atoms with Crippen molar-refractivity contribution in [1.29, 1.82) is 0 Å². The van der Waals surface area contributed by atoms with Gasteiger partial charge in [-0.1, -0.05) is 0 Å². The summed E-state index contributed by atoms with van der Waals surface area (Å²) in [4.78, 5) is 20.0. The molecule has 4 heterocycles. The minimum absolute atomic E-state index is 0.0434. The Bertz CT molecular complexity index is 841. The molecule has 1 fully saturated rings. The van der Waals surface area contributed by atoms with E-state index in [0.717, 1.165) is 35.3 Å². The van der Waals surface area contributed by atoms with Crippen LogP contribution in [0.1, 0.15) is 34.9 Å². The van der Waals surface area contributed by atoms with Crippen molar-refractivity contribution >= 4 is 27.7 Å². The molecule has 23 heavy (non-hydrogen) atoms. The number of aryl methyl sites for hydroxylation is 1. The van der Waals surface area contributed by atoms with Crippen LogP contribution in [0, 0.1) is 6.92 Å². The second kappa shape index (κ2) is 5.73. The average Bonchev–Trinajstić information content (AvgIpc) is 3.25. The van der Waals surface area contributed by atoms with Crippen LogP contribution in [0.5, 0.6) is 0 Å². The maximum Gasteiger partial charge on any atom is 0.255 e. The summed E-state index contributed by atoms with van der Waals surface area (Å²) in [7, 11) is 0. The van der Waals surface area contributed by atoms with Crippen molar-refractivity contribution in [2.24, 2.45) is 0 Å². The number of aromatic nitrogens is 4. The Morgan fingerprint density at radius 2 is 2.35 bits per heavy atom. The van der Waals surface area contributed by atoms with E-state index in [1.807, 2.05) is 34.8 Å². The van der Waals surface area contributed by atoms with E-state index in [4.69, 9.17) is 0 Å². The molecule has 4 rings (SSSR count). The molecule has 0 radical (unpaired) electrons. The van der Waals surface area contributed by atoms with Gasteiger partial charge in [-0.25, -0.2) is 4.98 Å². The van der Waals surface area contributed by atoms with Gasteiger partial charge in [-0.3, -0.25) is 9.48 Å². The van der Waals surface area contributed by atoms with Gasteiger partial charge in [-0.15, -0.1) is 0 Å². The van der Waals surface area contributed by atoms with Gasteiger partial charge in [0.25, 0.3) is 5.91 Å². The molecule has 0 saturated carbocycles. The monoisotopic (exact) mass is 327 g/mol. The predicted molar refractivity (Wildman–Crippen MR) is 88.6 cm³/mol. The van der Waals surface area contributed by atoms with E-state index < -0.39 is 0 Å². The summed E-state index contributed by atoms with van der Waals surface area (Å²) < 4.78 is 6.25. The lowest BCUT2D eigenvalue weighted by atomic mass is 10.0. The fourth-order valence-electron chi connectivity index (χ4n) is 3.10. The van der Waals surface area contributed by atoms with Crippen molar-refractivity contribution in [3.05, 3.63) is 42.0 Å². The first-order valence-electron chi connectivity index (χ1n) is 7.73. The SMILES string of the molecule is Cc1nsc2ncc(C(=O)N3CCC[C@H](n4cccn4)C3)cc12. The highest BCUT2D eigenvalue weighted by molar-refractivity contribution is 7.12. The highest BCUT2D eigenvalue weighted by atomic mass is 32.1. The lowest BCUT2D eigenvalue weighted by Crippen LogP contribution is -2.40. The smallest absolute Gasteiger partial charge is 0.255 e. The minimum Gasteiger partial charge on any atom is -0.336 e. The van der Waals surface area contributed by atoms with Crippen LogP contribution < -0.4 is 0 Å². The van der Waals surface area contributed by atoms with Crippen LogP contribution in [-0.4, -0.2) is 43.0 Å². The Labute approximate surface area is 137 Å². The van der Waals surface area contributed by atoms with Crippen molar-refractivity contribution in [1.82, 2.24) is 24.0 Å². The summed E-state index contributed by atoms with van der Waals surface area (Å²) in [6.07, 6.45) is 7.46. The third-order valence-electron chi connectivity index (χ3n) is 4.34. The van der Waals surface area contributed by atoms with Gasteiger partial charge >= 0.3 is 0 Å². The fourth-order valence-corrected chi connectivity index (χ4v) is 3.82. The van der Waals surface area contributed by atoms with Crippen LogP contribution in [-0.2, 0) is 0 Å². The molecule has 1 aliphatic heterocycles. The van der Waals surface area contributed by atoms with Gasteiger partial charge in [0.05, 0.1) is 17.3 Å². The molecule has 7 heteroatoms. The van der Waals surface area contributed by atoms with Gasteiger partial charge in [0, 0.05) is 37.1 Å². The van der Waals surface area contributed by atoms with Gasteiger partial charge in [-0.2, -0.15) is 9.47 Å². The predicted octanol–water partition coefficient (Wildman–Crippen LogP) is 2.67. The van der Waals surface area contributed by atoms with Crippen LogP contribution in [0.3, 0.4) is 0 Å². The van der Waals surface area contributed by atoms with E-state index in [1.54, 1.807) is 12.4 Å². The van der Waals surface area contributed by atoms with Crippen molar-refractivity contribution in [3.63, 3.8) is 0 Å². The molecule has 6 nitrogen and oxygen atoms in total. The van der Waals surface area contributed by atoms with Gasteiger partial charge in [0.1, 0.15) is 4.83 Å². The van der Waals surface area contributed by atoms with E-state index in [2.05, 4.69) is 14.5 Å². The third kappa shape index (κ3) is 2.61. The first kappa shape index (κ1) is 14.3. The first-order chi connectivity index (χ1) is 11.2. The summed E-state index contributed by atoms with van der Waals surface area (Å²) in [5.74, 6) is 0.0434. The van der Waals surface area contributed by atoms with Crippen LogP contribution in [0.15, 0.2) is 30.7 Å². The van der Waals surface area contributed by atoms with E-state index in [9.17, 15) is 4.79 Å². The molecule has 1 amide bonds. The van der Waals surface area contributed by atoms with Crippen LogP contribution in [0.25, 0.3) is 10.2 Å². The van der Waals surface area contributed by atoms with Gasteiger partial charge in [0.15, 0.2) is 0 Å². The molecular weight excluding hydrogens is 310 g/mol. The highest BCUT2D eigenvalue weighted by Crippen LogP contribution is 2.24. The maximum atomic E-state index is 12.8. The Morgan fingerprint density at radius 3 is 3.17 bits per heavy atom. The van der Waals surface area contributed by atoms with Crippen molar-refractivity contribution in [3.8, 4) is 0 Å². The second-order valence-electron chi connectivity index (χ2n) is 5.88. The number of carbonyl (C=O) groups excluding carboxylic acids is 1. The number of rotatable bonds is 2. The lowest BCUT2D eigenvalue weighted by molar-refractivity contribution is 0.0673. The van der Waals surface area contributed by atoms with E-state index >= 15 is 0 Å². The Kier molecular flexibility index (Phi) is 3.57. The standard InChI is InChI=1S/C16H17N5OS/c1-11-14-8-12(9-17-15(14)23-19-11)16(22)20-6-2-4-13(10-20)21-7-3-5-18-21/h3,5,7-9,13H,2,4,6,10H2,1H3/t13-/m0/s1. The number of amides is 1. The largest absolute Gasteiger partial charge is 0.336 e. The number of pyridine rings is 1. The number of hydrogen-bond donors (Lipinski definition) is 0. The summed E-state index contributed by atoms with van der Waals surface area (Å²) in [5.41, 5.74) is 1.57. The zero-order chi connectivity index (χ0) is 15.8. The Hall–Kier alpha value is -2.28. The van der Waals surface area contributed by atoms with Crippen molar-refractivity contribution in [2.75, 3.05) is 13.1 Å². The Morgan fingerprint density at radius 1 is 1.43 bits per heavy atom. The quantitative estimate of drug-likeness (QED) is 0.726. The third-order valence-corrected chi connectivity index (χ3v) is 5.20. The van der Waals surface area contributed by atoms with Crippen LogP contribution in [0.4, 0.5) is 0 Å². The summed E-state index contributed by atoms with van der Waals surface area (Å²) >= 11 is 1.37. The number of likely N-dealkylation sites (tertiary alicyclic amines) is 1. The van der Waals surface area contributed by atoms with Crippen molar-refractivity contribution in [2.45, 2.75) is 25.8 Å². The number of carbonyl (C=O) groups is 1. The number of nitrogens with zero attached hydrogens (tertiary/aromatic N) is 5. The summed E-state index contributed by atoms with van der Waals surface area (Å²) in [6, 6.07) is 4.09. The molecule has 3 aromatic heterocycles. The van der Waals surface area contributed by atoms with Gasteiger partial charge in [0.2, 0.25) is 0 Å². The Balaban J connectivity index is 1.58. The minimum atomic E-state index is 0.0434. The molecule has 0 unspecified atom stereocenters. The highest BCUT2D eigenvalue weighted by Gasteiger charge is 2.26. The molecule has 1 aliphatic rings. The molecule has 0 aromatic carbocycles. The number of fused-ring (bicyclic) bond motifs is 1. The van der Waals surface area contributed by atoms with Gasteiger partial charge in [-0.05, 0) is 43.4 Å². The number of hydrogen-bond acceptors (Lipinski definition) is 5. The second-order valence-corrected chi connectivity index (χ2v) is 6.63. The van der Waals surface area contributed by atoms with Crippen LogP contribution in [0.2, 0.25) is 0 Å². The molecule has 3 aromatic rings. The molecule has 0 aliphatic carbocycles. The zero-order valence-corrected chi connectivity index (χ0v) is 13.7. The molecule has 0 bridgehead atoms. The summed E-state index contributed by atoms with van der Waals surface area (Å²) in [5, 5.41) is 5.29. The normalized spacial score (nSPS) is 18.5. The molecule has 118 valence electrons. The zero-order valence-electron chi connectivity index (χ0n) is 12.8. The van der Waals surface area contributed by atoms with E-state index in [0.29, 0.717) is 12.1 Å². The molecule has 1 saturated heterocycles. The maximum absolute atomic E-state index is 12.8. The molecule has 0 N–H and O–H groups in total. The molecule has 1 atom stereocenters. The molecular formula is C16H17N5OS. The average molecular weight is 327 g/mol. The molecule has 0 spiro atoms.